The lowest BCUT2D eigenvalue weighted by Gasteiger charge is -2.27. The summed E-state index contributed by atoms with van der Waals surface area (Å²) in [7, 11) is 0. The fourth-order valence-corrected chi connectivity index (χ4v) is 3.60. The third-order valence-corrected chi connectivity index (χ3v) is 5.31. The molecule has 0 radical (unpaired) electrons. The lowest BCUT2D eigenvalue weighted by Crippen LogP contribution is -2.37. The SMILES string of the molecule is CCNC(=NCc1ccccc1CN1CCOCC1)NCc1ccc(C)cc1C. The number of aliphatic imine (C=N–C) groups is 1. The predicted octanol–water partition coefficient (Wildman–Crippen LogP) is 3.39. The Labute approximate surface area is 175 Å². The first-order valence-electron chi connectivity index (χ1n) is 10.6. The minimum absolute atomic E-state index is 0.669. The van der Waals surface area contributed by atoms with Gasteiger partial charge in [0.2, 0.25) is 0 Å². The predicted molar refractivity (Wildman–Crippen MR) is 120 cm³/mol. The molecular weight excluding hydrogens is 360 g/mol. The number of ether oxygens (including phenoxy) is 1. The van der Waals surface area contributed by atoms with Crippen LogP contribution in [0.1, 0.15) is 34.7 Å². The molecule has 0 aliphatic carbocycles. The van der Waals surface area contributed by atoms with E-state index in [4.69, 9.17) is 9.73 Å². The average Bonchev–Trinajstić information content (AvgIpc) is 2.73. The van der Waals surface area contributed by atoms with E-state index in [-0.39, 0.29) is 0 Å². The fraction of sp³-hybridized carbons (Fsp3) is 0.458. The molecule has 1 heterocycles. The number of nitrogens with zero attached hydrogens (tertiary/aromatic N) is 2. The van der Waals surface area contributed by atoms with Crippen molar-refractivity contribution in [1.29, 1.82) is 0 Å². The van der Waals surface area contributed by atoms with Gasteiger partial charge in [-0.2, -0.15) is 0 Å². The molecule has 0 unspecified atom stereocenters. The van der Waals surface area contributed by atoms with Crippen LogP contribution in [0.4, 0.5) is 0 Å². The molecule has 0 amide bonds. The Hall–Kier alpha value is -2.37. The summed E-state index contributed by atoms with van der Waals surface area (Å²) in [5, 5.41) is 6.85. The Bertz CT molecular complexity index is 812. The van der Waals surface area contributed by atoms with Crippen molar-refractivity contribution in [3.05, 3.63) is 70.3 Å². The van der Waals surface area contributed by atoms with Crippen LogP contribution in [0.5, 0.6) is 0 Å². The van der Waals surface area contributed by atoms with Gasteiger partial charge < -0.3 is 15.4 Å². The van der Waals surface area contributed by atoms with E-state index in [1.807, 2.05) is 0 Å². The average molecular weight is 395 g/mol. The summed E-state index contributed by atoms with van der Waals surface area (Å²) in [5.41, 5.74) is 6.54. The second-order valence-corrected chi connectivity index (χ2v) is 7.64. The van der Waals surface area contributed by atoms with E-state index in [0.717, 1.165) is 51.9 Å². The van der Waals surface area contributed by atoms with Crippen molar-refractivity contribution in [2.75, 3.05) is 32.8 Å². The number of guanidine groups is 1. The molecule has 1 saturated heterocycles. The molecule has 0 saturated carbocycles. The first-order valence-corrected chi connectivity index (χ1v) is 10.6. The van der Waals surface area contributed by atoms with Gasteiger partial charge in [-0.25, -0.2) is 4.99 Å². The van der Waals surface area contributed by atoms with Crippen LogP contribution in [0, 0.1) is 13.8 Å². The van der Waals surface area contributed by atoms with Crippen molar-refractivity contribution < 1.29 is 4.74 Å². The molecule has 1 aliphatic rings. The molecule has 0 bridgehead atoms. The Morgan fingerprint density at radius 1 is 1.00 bits per heavy atom. The highest BCUT2D eigenvalue weighted by Crippen LogP contribution is 2.14. The standard InChI is InChI=1S/C24H34N4O/c1-4-25-24(26-16-21-10-9-19(2)15-20(21)3)27-17-22-7-5-6-8-23(22)18-28-11-13-29-14-12-28/h5-10,15H,4,11-14,16-18H2,1-3H3,(H2,25,26,27). The molecular formula is C24H34N4O. The third kappa shape index (κ3) is 6.58. The van der Waals surface area contributed by atoms with Crippen LogP contribution in [-0.4, -0.2) is 43.7 Å². The number of hydrogen-bond acceptors (Lipinski definition) is 3. The molecule has 3 rings (SSSR count). The Balaban J connectivity index is 1.65. The summed E-state index contributed by atoms with van der Waals surface area (Å²) >= 11 is 0. The van der Waals surface area contributed by atoms with Gasteiger partial charge in [0.25, 0.3) is 0 Å². The largest absolute Gasteiger partial charge is 0.379 e. The maximum Gasteiger partial charge on any atom is 0.191 e. The second-order valence-electron chi connectivity index (χ2n) is 7.64. The van der Waals surface area contributed by atoms with Crippen molar-refractivity contribution in [2.45, 2.75) is 40.4 Å². The van der Waals surface area contributed by atoms with Gasteiger partial charge in [-0.3, -0.25) is 4.90 Å². The summed E-state index contributed by atoms with van der Waals surface area (Å²) in [6.45, 7) is 13.3. The third-order valence-electron chi connectivity index (χ3n) is 5.31. The lowest BCUT2D eigenvalue weighted by molar-refractivity contribution is 0.0341. The normalized spacial score (nSPS) is 15.3. The Morgan fingerprint density at radius 3 is 2.48 bits per heavy atom. The summed E-state index contributed by atoms with van der Waals surface area (Å²) in [5.74, 6) is 0.855. The molecule has 2 aromatic carbocycles. The van der Waals surface area contributed by atoms with Crippen LogP contribution < -0.4 is 10.6 Å². The van der Waals surface area contributed by atoms with Gasteiger partial charge in [-0.05, 0) is 43.0 Å². The minimum atomic E-state index is 0.669. The molecule has 5 heteroatoms. The van der Waals surface area contributed by atoms with Gasteiger partial charge in [0.15, 0.2) is 5.96 Å². The lowest BCUT2D eigenvalue weighted by atomic mass is 10.1. The van der Waals surface area contributed by atoms with Crippen molar-refractivity contribution in [3.63, 3.8) is 0 Å². The highest BCUT2D eigenvalue weighted by atomic mass is 16.5. The number of benzene rings is 2. The molecule has 1 fully saturated rings. The monoisotopic (exact) mass is 394 g/mol. The van der Waals surface area contributed by atoms with Crippen molar-refractivity contribution in [3.8, 4) is 0 Å². The van der Waals surface area contributed by atoms with E-state index >= 15 is 0 Å². The van der Waals surface area contributed by atoms with Crippen LogP contribution in [0.3, 0.4) is 0 Å². The molecule has 2 N–H and O–H groups in total. The summed E-state index contributed by atoms with van der Waals surface area (Å²) in [4.78, 5) is 7.30. The van der Waals surface area contributed by atoms with Crippen molar-refractivity contribution in [1.82, 2.24) is 15.5 Å². The highest BCUT2D eigenvalue weighted by Gasteiger charge is 2.12. The maximum atomic E-state index is 5.47. The van der Waals surface area contributed by atoms with Crippen LogP contribution >= 0.6 is 0 Å². The van der Waals surface area contributed by atoms with Gasteiger partial charge in [0.1, 0.15) is 0 Å². The van der Waals surface area contributed by atoms with Gasteiger partial charge in [0, 0.05) is 32.7 Å². The molecule has 29 heavy (non-hydrogen) atoms. The first kappa shape index (κ1) is 21.3. The summed E-state index contributed by atoms with van der Waals surface area (Å²) < 4.78 is 5.47. The van der Waals surface area contributed by atoms with Crippen LogP contribution in [0.15, 0.2) is 47.5 Å². The zero-order valence-electron chi connectivity index (χ0n) is 18.0. The van der Waals surface area contributed by atoms with E-state index in [9.17, 15) is 0 Å². The smallest absolute Gasteiger partial charge is 0.191 e. The molecule has 5 nitrogen and oxygen atoms in total. The van der Waals surface area contributed by atoms with E-state index in [2.05, 4.69) is 78.8 Å². The highest BCUT2D eigenvalue weighted by molar-refractivity contribution is 5.79. The molecule has 0 atom stereocenters. The number of hydrogen-bond donors (Lipinski definition) is 2. The topological polar surface area (TPSA) is 48.9 Å². The molecule has 0 aromatic heterocycles. The molecule has 2 aromatic rings. The van der Waals surface area contributed by atoms with Crippen LogP contribution in [0.25, 0.3) is 0 Å². The number of aryl methyl sites for hydroxylation is 2. The molecule has 0 spiro atoms. The summed E-state index contributed by atoms with van der Waals surface area (Å²) in [6.07, 6.45) is 0. The van der Waals surface area contributed by atoms with E-state index in [0.29, 0.717) is 6.54 Å². The van der Waals surface area contributed by atoms with Crippen molar-refractivity contribution >= 4 is 5.96 Å². The zero-order valence-corrected chi connectivity index (χ0v) is 18.0. The number of nitrogens with one attached hydrogen (secondary N) is 2. The van der Waals surface area contributed by atoms with Gasteiger partial charge in [-0.1, -0.05) is 48.0 Å². The Morgan fingerprint density at radius 2 is 1.76 bits per heavy atom. The van der Waals surface area contributed by atoms with Gasteiger partial charge in [-0.15, -0.1) is 0 Å². The van der Waals surface area contributed by atoms with Gasteiger partial charge >= 0.3 is 0 Å². The second kappa shape index (κ2) is 11.0. The summed E-state index contributed by atoms with van der Waals surface area (Å²) in [6, 6.07) is 15.2. The van der Waals surface area contributed by atoms with Crippen LogP contribution in [-0.2, 0) is 24.4 Å². The quantitative estimate of drug-likeness (QED) is 0.558. The van der Waals surface area contributed by atoms with E-state index in [1.54, 1.807) is 0 Å². The zero-order chi connectivity index (χ0) is 20.5. The fourth-order valence-electron chi connectivity index (χ4n) is 3.60. The van der Waals surface area contributed by atoms with E-state index in [1.165, 1.54) is 27.8 Å². The maximum absolute atomic E-state index is 5.47. The number of morpholine rings is 1. The number of rotatable bonds is 7. The minimum Gasteiger partial charge on any atom is -0.379 e. The molecule has 1 aliphatic heterocycles. The van der Waals surface area contributed by atoms with Gasteiger partial charge in [0.05, 0.1) is 19.8 Å². The van der Waals surface area contributed by atoms with Crippen LogP contribution in [0.2, 0.25) is 0 Å². The van der Waals surface area contributed by atoms with Crippen molar-refractivity contribution in [2.24, 2.45) is 4.99 Å². The van der Waals surface area contributed by atoms with E-state index < -0.39 is 0 Å². The first-order chi connectivity index (χ1) is 14.2. The Kier molecular flexibility index (Phi) is 8.08. The molecule has 156 valence electrons.